The van der Waals surface area contributed by atoms with Crippen LogP contribution in [0.25, 0.3) is 0 Å². The Morgan fingerprint density at radius 1 is 1.39 bits per heavy atom. The third-order valence-corrected chi connectivity index (χ3v) is 2.47. The Balaban J connectivity index is 2.84. The molecule has 0 aliphatic rings. The first-order valence-electron chi connectivity index (χ1n) is 5.61. The van der Waals surface area contributed by atoms with Crippen LogP contribution in [0.3, 0.4) is 0 Å². The van der Waals surface area contributed by atoms with Crippen LogP contribution in [0.5, 0.6) is 0 Å². The van der Waals surface area contributed by atoms with Crippen molar-refractivity contribution in [2.24, 2.45) is 0 Å². The molecule has 0 saturated carbocycles. The summed E-state index contributed by atoms with van der Waals surface area (Å²) in [7, 11) is 2.95. The third-order valence-electron chi connectivity index (χ3n) is 2.47. The average molecular weight is 253 g/mol. The number of hydrogen-bond donors (Lipinski definition) is 1. The lowest BCUT2D eigenvalue weighted by atomic mass is 10.1. The molecular weight excluding hydrogens is 234 g/mol. The number of carbonyl (C=O) groups is 1. The van der Waals surface area contributed by atoms with Gasteiger partial charge in [0.15, 0.2) is 0 Å². The van der Waals surface area contributed by atoms with Gasteiger partial charge in [-0.15, -0.1) is 0 Å². The number of aryl methyl sites for hydroxylation is 1. The molecular formula is C12H19N3O3. The molecule has 18 heavy (non-hydrogen) atoms. The number of esters is 1. The molecule has 0 bridgehead atoms. The molecule has 0 saturated heterocycles. The molecule has 1 aromatic rings. The monoisotopic (exact) mass is 253 g/mol. The molecule has 0 aromatic carbocycles. The first-order chi connectivity index (χ1) is 8.38. The van der Waals surface area contributed by atoms with Crippen molar-refractivity contribution in [3.05, 3.63) is 17.6 Å². The zero-order valence-corrected chi connectivity index (χ0v) is 11.4. The Morgan fingerprint density at radius 3 is 2.61 bits per heavy atom. The van der Waals surface area contributed by atoms with Crippen LogP contribution in [0, 0.1) is 6.92 Å². The maximum absolute atomic E-state index is 11.4. The van der Waals surface area contributed by atoms with Gasteiger partial charge in [-0.1, -0.05) is 0 Å². The van der Waals surface area contributed by atoms with E-state index in [0.717, 1.165) is 0 Å². The number of rotatable bonds is 5. The lowest BCUT2D eigenvalue weighted by molar-refractivity contribution is 0.0343. The van der Waals surface area contributed by atoms with E-state index in [1.54, 1.807) is 20.1 Å². The first kappa shape index (κ1) is 14.4. The van der Waals surface area contributed by atoms with Gasteiger partial charge in [0.25, 0.3) is 0 Å². The maximum Gasteiger partial charge on any atom is 0.376 e. The molecule has 0 radical (unpaired) electrons. The molecule has 6 nitrogen and oxygen atoms in total. The van der Waals surface area contributed by atoms with E-state index >= 15 is 0 Å². The predicted molar refractivity (Wildman–Crippen MR) is 67.7 cm³/mol. The van der Waals surface area contributed by atoms with E-state index in [1.165, 1.54) is 7.11 Å². The summed E-state index contributed by atoms with van der Waals surface area (Å²) in [5.41, 5.74) is 0.382. The van der Waals surface area contributed by atoms with Crippen molar-refractivity contribution in [2.45, 2.75) is 26.4 Å². The number of ether oxygens (including phenoxy) is 2. The van der Waals surface area contributed by atoms with Crippen LogP contribution < -0.4 is 5.32 Å². The number of anilines is 1. The van der Waals surface area contributed by atoms with Crippen molar-refractivity contribution in [3.63, 3.8) is 0 Å². The Bertz CT molecular complexity index is 433. The number of nitrogens with zero attached hydrogens (tertiary/aromatic N) is 2. The van der Waals surface area contributed by atoms with Crippen molar-refractivity contribution in [2.75, 3.05) is 26.1 Å². The van der Waals surface area contributed by atoms with Gasteiger partial charge in [0, 0.05) is 25.4 Å². The molecule has 0 unspecified atom stereocenters. The minimum absolute atomic E-state index is 0.0511. The molecule has 6 heteroatoms. The minimum Gasteiger partial charge on any atom is -0.463 e. The largest absolute Gasteiger partial charge is 0.463 e. The Hall–Kier alpha value is -1.69. The minimum atomic E-state index is -0.548. The van der Waals surface area contributed by atoms with Crippen LogP contribution in [0.2, 0.25) is 0 Å². The number of methoxy groups -OCH3 is 2. The fraction of sp³-hybridized carbons (Fsp3) is 0.583. The lowest BCUT2D eigenvalue weighted by Gasteiger charge is -2.23. The summed E-state index contributed by atoms with van der Waals surface area (Å²) in [5, 5.41) is 3.11. The summed E-state index contributed by atoms with van der Waals surface area (Å²) in [6, 6.07) is 1.76. The fourth-order valence-corrected chi connectivity index (χ4v) is 1.22. The van der Waals surface area contributed by atoms with Crippen LogP contribution in [-0.4, -0.2) is 42.3 Å². The van der Waals surface area contributed by atoms with Crippen LogP contribution in [0.15, 0.2) is 6.07 Å². The molecule has 0 aliphatic heterocycles. The zero-order chi connectivity index (χ0) is 13.8. The van der Waals surface area contributed by atoms with Crippen molar-refractivity contribution in [1.29, 1.82) is 0 Å². The summed E-state index contributed by atoms with van der Waals surface area (Å²) in [5.74, 6) is 0.0796. The number of hydrogen-bond acceptors (Lipinski definition) is 6. The molecule has 0 aliphatic carbocycles. The summed E-state index contributed by atoms with van der Waals surface area (Å²) < 4.78 is 9.89. The SMILES string of the molecule is COC(=O)c1nc(C)cc(NCC(C)(C)OC)n1. The Labute approximate surface area is 107 Å². The second-order valence-corrected chi connectivity index (χ2v) is 4.53. The fourth-order valence-electron chi connectivity index (χ4n) is 1.22. The van der Waals surface area contributed by atoms with E-state index in [4.69, 9.17) is 4.74 Å². The summed E-state index contributed by atoms with van der Waals surface area (Å²) in [4.78, 5) is 19.5. The maximum atomic E-state index is 11.4. The number of carbonyl (C=O) groups excluding carboxylic acids is 1. The second-order valence-electron chi connectivity index (χ2n) is 4.53. The van der Waals surface area contributed by atoms with Crippen molar-refractivity contribution < 1.29 is 14.3 Å². The van der Waals surface area contributed by atoms with Gasteiger partial charge >= 0.3 is 5.97 Å². The van der Waals surface area contributed by atoms with E-state index in [0.29, 0.717) is 18.1 Å². The normalized spacial score (nSPS) is 11.2. The van der Waals surface area contributed by atoms with Gasteiger partial charge in [-0.25, -0.2) is 14.8 Å². The molecule has 1 N–H and O–H groups in total. The van der Waals surface area contributed by atoms with Gasteiger partial charge in [-0.3, -0.25) is 0 Å². The highest BCUT2D eigenvalue weighted by molar-refractivity contribution is 5.85. The van der Waals surface area contributed by atoms with Gasteiger partial charge in [0.2, 0.25) is 5.82 Å². The number of nitrogens with one attached hydrogen (secondary N) is 1. The molecule has 0 atom stereocenters. The Morgan fingerprint density at radius 2 is 2.06 bits per heavy atom. The molecule has 1 rings (SSSR count). The quantitative estimate of drug-likeness (QED) is 0.800. The summed E-state index contributed by atoms with van der Waals surface area (Å²) in [6.07, 6.45) is 0. The van der Waals surface area contributed by atoms with Crippen LogP contribution in [-0.2, 0) is 9.47 Å². The average Bonchev–Trinajstić information content (AvgIpc) is 2.35. The zero-order valence-electron chi connectivity index (χ0n) is 11.4. The highest BCUT2D eigenvalue weighted by Crippen LogP contribution is 2.11. The molecule has 1 aromatic heterocycles. The third kappa shape index (κ3) is 3.96. The van der Waals surface area contributed by atoms with Gasteiger partial charge in [-0.05, 0) is 20.8 Å². The summed E-state index contributed by atoms with van der Waals surface area (Å²) >= 11 is 0. The van der Waals surface area contributed by atoms with Gasteiger partial charge in [0.1, 0.15) is 5.82 Å². The van der Waals surface area contributed by atoms with E-state index in [1.807, 2.05) is 13.8 Å². The van der Waals surface area contributed by atoms with Gasteiger partial charge < -0.3 is 14.8 Å². The molecule has 100 valence electrons. The standard InChI is InChI=1S/C12H19N3O3/c1-8-6-9(13-7-12(2,3)18-5)15-10(14-8)11(16)17-4/h6H,7H2,1-5H3,(H,13,14,15). The number of aromatic nitrogens is 2. The smallest absolute Gasteiger partial charge is 0.376 e. The van der Waals surface area contributed by atoms with E-state index in [2.05, 4.69) is 20.0 Å². The van der Waals surface area contributed by atoms with E-state index in [9.17, 15) is 4.79 Å². The van der Waals surface area contributed by atoms with Crippen molar-refractivity contribution >= 4 is 11.8 Å². The lowest BCUT2D eigenvalue weighted by Crippen LogP contribution is -2.32. The highest BCUT2D eigenvalue weighted by Gasteiger charge is 2.17. The topological polar surface area (TPSA) is 73.3 Å². The van der Waals surface area contributed by atoms with E-state index < -0.39 is 5.97 Å². The van der Waals surface area contributed by atoms with E-state index in [-0.39, 0.29) is 11.4 Å². The molecule has 0 spiro atoms. The molecule has 1 heterocycles. The summed E-state index contributed by atoms with van der Waals surface area (Å²) in [6.45, 7) is 6.27. The van der Waals surface area contributed by atoms with Crippen LogP contribution in [0.4, 0.5) is 5.82 Å². The van der Waals surface area contributed by atoms with Crippen molar-refractivity contribution in [3.8, 4) is 0 Å². The van der Waals surface area contributed by atoms with Crippen LogP contribution in [0.1, 0.15) is 30.2 Å². The van der Waals surface area contributed by atoms with Gasteiger partial charge in [-0.2, -0.15) is 0 Å². The first-order valence-corrected chi connectivity index (χ1v) is 5.61. The highest BCUT2D eigenvalue weighted by atomic mass is 16.5. The van der Waals surface area contributed by atoms with Crippen molar-refractivity contribution in [1.82, 2.24) is 9.97 Å². The molecule has 0 fully saturated rings. The second kappa shape index (κ2) is 5.77. The molecule has 0 amide bonds. The van der Waals surface area contributed by atoms with Crippen LogP contribution >= 0.6 is 0 Å². The van der Waals surface area contributed by atoms with Gasteiger partial charge in [0.05, 0.1) is 12.7 Å². The Kier molecular flexibility index (Phi) is 4.61. The predicted octanol–water partition coefficient (Wildman–Crippen LogP) is 1.41.